The average Bonchev–Trinajstić information content (AvgIpc) is 2.68. The number of fused-ring (bicyclic) bond motifs is 1. The number of hydrogen-bond acceptors (Lipinski definition) is 2. The van der Waals surface area contributed by atoms with Crippen molar-refractivity contribution in [1.29, 1.82) is 0 Å². The van der Waals surface area contributed by atoms with E-state index in [9.17, 15) is 4.79 Å². The first kappa shape index (κ1) is 18.7. The minimum atomic E-state index is -0.163. The van der Waals surface area contributed by atoms with E-state index in [2.05, 4.69) is 21.2 Å². The SMILES string of the molecule is Cc1c(-c2ccc(Cl)cc2)nc2ccccc2c1C(=O)Nc1cccc(Br)c1. The minimum Gasteiger partial charge on any atom is -0.322 e. The van der Waals surface area contributed by atoms with Gasteiger partial charge in [0.25, 0.3) is 5.91 Å². The number of hydrogen-bond donors (Lipinski definition) is 1. The molecule has 0 unspecified atom stereocenters. The van der Waals surface area contributed by atoms with E-state index in [1.165, 1.54) is 0 Å². The summed E-state index contributed by atoms with van der Waals surface area (Å²) in [6, 6.07) is 22.7. The number of carbonyl (C=O) groups excluding carboxylic acids is 1. The van der Waals surface area contributed by atoms with Crippen LogP contribution in [0, 0.1) is 6.92 Å². The first-order valence-corrected chi connectivity index (χ1v) is 9.92. The first-order chi connectivity index (χ1) is 13.5. The van der Waals surface area contributed by atoms with Gasteiger partial charge in [0.05, 0.1) is 16.8 Å². The van der Waals surface area contributed by atoms with Crippen LogP contribution in [0.5, 0.6) is 0 Å². The Hall–Kier alpha value is -2.69. The Morgan fingerprint density at radius 1 is 1.00 bits per heavy atom. The lowest BCUT2D eigenvalue weighted by atomic mass is 9.97. The second kappa shape index (κ2) is 7.74. The van der Waals surface area contributed by atoms with Crippen LogP contribution in [0.25, 0.3) is 22.2 Å². The van der Waals surface area contributed by atoms with Gasteiger partial charge in [-0.3, -0.25) is 4.79 Å². The van der Waals surface area contributed by atoms with Gasteiger partial charge in [-0.05, 0) is 48.9 Å². The summed E-state index contributed by atoms with van der Waals surface area (Å²) < 4.78 is 0.906. The van der Waals surface area contributed by atoms with E-state index >= 15 is 0 Å². The predicted molar refractivity (Wildman–Crippen MR) is 119 cm³/mol. The monoisotopic (exact) mass is 450 g/mol. The summed E-state index contributed by atoms with van der Waals surface area (Å²) in [7, 11) is 0. The molecule has 0 bridgehead atoms. The van der Waals surface area contributed by atoms with Crippen LogP contribution < -0.4 is 5.32 Å². The van der Waals surface area contributed by atoms with E-state index < -0.39 is 0 Å². The molecule has 0 aliphatic rings. The second-order valence-electron chi connectivity index (χ2n) is 6.45. The molecule has 4 rings (SSSR count). The van der Waals surface area contributed by atoms with Gasteiger partial charge < -0.3 is 5.32 Å². The molecule has 3 nitrogen and oxygen atoms in total. The quantitative estimate of drug-likeness (QED) is 0.369. The normalized spacial score (nSPS) is 10.8. The highest BCUT2D eigenvalue weighted by Crippen LogP contribution is 2.31. The third kappa shape index (κ3) is 3.66. The van der Waals surface area contributed by atoms with Crippen molar-refractivity contribution >= 4 is 50.0 Å². The summed E-state index contributed by atoms with van der Waals surface area (Å²) in [6.45, 7) is 1.93. The fourth-order valence-corrected chi connectivity index (χ4v) is 3.77. The third-order valence-corrected chi connectivity index (χ3v) is 5.31. The van der Waals surface area contributed by atoms with Crippen LogP contribution in [-0.4, -0.2) is 10.9 Å². The largest absolute Gasteiger partial charge is 0.322 e. The zero-order valence-corrected chi connectivity index (χ0v) is 17.4. The van der Waals surface area contributed by atoms with Gasteiger partial charge in [-0.1, -0.05) is 63.9 Å². The molecule has 0 radical (unpaired) electrons. The van der Waals surface area contributed by atoms with Crippen LogP contribution >= 0.6 is 27.5 Å². The summed E-state index contributed by atoms with van der Waals surface area (Å²) in [5.74, 6) is -0.163. The van der Waals surface area contributed by atoms with Crippen LogP contribution in [0.1, 0.15) is 15.9 Å². The number of halogens is 2. The number of rotatable bonds is 3. The van der Waals surface area contributed by atoms with E-state index in [1.54, 1.807) is 0 Å². The zero-order valence-electron chi connectivity index (χ0n) is 15.0. The highest BCUT2D eigenvalue weighted by molar-refractivity contribution is 9.10. The number of benzene rings is 3. The maximum absolute atomic E-state index is 13.2. The Bertz CT molecular complexity index is 1190. The lowest BCUT2D eigenvalue weighted by molar-refractivity contribution is 0.102. The summed E-state index contributed by atoms with van der Waals surface area (Å²) in [6.07, 6.45) is 0. The van der Waals surface area contributed by atoms with E-state index in [1.807, 2.05) is 79.7 Å². The lowest BCUT2D eigenvalue weighted by Crippen LogP contribution is -2.15. The number of para-hydroxylation sites is 1. The van der Waals surface area contributed by atoms with Gasteiger partial charge in [0.15, 0.2) is 0 Å². The Morgan fingerprint density at radius 3 is 2.50 bits per heavy atom. The number of aromatic nitrogens is 1. The van der Waals surface area contributed by atoms with Crippen molar-refractivity contribution in [3.63, 3.8) is 0 Å². The van der Waals surface area contributed by atoms with Crippen molar-refractivity contribution in [2.75, 3.05) is 5.32 Å². The molecule has 5 heteroatoms. The van der Waals surface area contributed by atoms with E-state index in [4.69, 9.17) is 16.6 Å². The molecular formula is C23H16BrClN2O. The second-order valence-corrected chi connectivity index (χ2v) is 7.80. The van der Waals surface area contributed by atoms with Crippen molar-refractivity contribution in [3.05, 3.63) is 93.4 Å². The molecule has 1 aromatic heterocycles. The zero-order chi connectivity index (χ0) is 19.7. The van der Waals surface area contributed by atoms with Crippen LogP contribution in [0.3, 0.4) is 0 Å². The van der Waals surface area contributed by atoms with Gasteiger partial charge >= 0.3 is 0 Å². The molecule has 1 N–H and O–H groups in total. The van der Waals surface area contributed by atoms with Crippen LogP contribution in [0.15, 0.2) is 77.3 Å². The number of amides is 1. The summed E-state index contributed by atoms with van der Waals surface area (Å²) in [4.78, 5) is 18.0. The third-order valence-electron chi connectivity index (χ3n) is 4.56. The molecule has 0 saturated carbocycles. The van der Waals surface area contributed by atoms with Crippen LogP contribution in [-0.2, 0) is 0 Å². The smallest absolute Gasteiger partial charge is 0.256 e. The fraction of sp³-hybridized carbons (Fsp3) is 0.0435. The van der Waals surface area contributed by atoms with Crippen molar-refractivity contribution in [2.24, 2.45) is 0 Å². The number of carbonyl (C=O) groups is 1. The summed E-state index contributed by atoms with van der Waals surface area (Å²) in [5.41, 5.74) is 4.65. The number of nitrogens with zero attached hydrogens (tertiary/aromatic N) is 1. The molecule has 28 heavy (non-hydrogen) atoms. The number of anilines is 1. The lowest BCUT2D eigenvalue weighted by Gasteiger charge is -2.15. The molecule has 0 saturated heterocycles. The Kier molecular flexibility index (Phi) is 5.16. The highest BCUT2D eigenvalue weighted by Gasteiger charge is 2.19. The van der Waals surface area contributed by atoms with Crippen molar-refractivity contribution in [3.8, 4) is 11.3 Å². The molecule has 1 amide bonds. The molecule has 0 spiro atoms. The Balaban J connectivity index is 1.87. The molecule has 4 aromatic rings. The summed E-state index contributed by atoms with van der Waals surface area (Å²) >= 11 is 9.47. The molecular weight excluding hydrogens is 436 g/mol. The maximum atomic E-state index is 13.2. The van der Waals surface area contributed by atoms with Crippen LogP contribution in [0.4, 0.5) is 5.69 Å². The molecule has 0 aliphatic carbocycles. The Morgan fingerprint density at radius 2 is 1.75 bits per heavy atom. The average molecular weight is 452 g/mol. The molecule has 0 fully saturated rings. The van der Waals surface area contributed by atoms with Gasteiger partial charge in [0.1, 0.15) is 0 Å². The maximum Gasteiger partial charge on any atom is 0.256 e. The molecule has 138 valence electrons. The fourth-order valence-electron chi connectivity index (χ4n) is 3.25. The molecule has 0 aliphatic heterocycles. The van der Waals surface area contributed by atoms with E-state index in [0.29, 0.717) is 10.6 Å². The van der Waals surface area contributed by atoms with Crippen molar-refractivity contribution in [1.82, 2.24) is 4.98 Å². The van der Waals surface area contributed by atoms with Gasteiger partial charge in [-0.15, -0.1) is 0 Å². The predicted octanol–water partition coefficient (Wildman–Crippen LogP) is 6.88. The minimum absolute atomic E-state index is 0.163. The summed E-state index contributed by atoms with van der Waals surface area (Å²) in [5, 5.41) is 4.49. The van der Waals surface area contributed by atoms with Crippen LogP contribution in [0.2, 0.25) is 5.02 Å². The van der Waals surface area contributed by atoms with E-state index in [0.717, 1.165) is 37.9 Å². The van der Waals surface area contributed by atoms with Gasteiger partial charge in [0, 0.05) is 26.1 Å². The van der Waals surface area contributed by atoms with Crippen molar-refractivity contribution in [2.45, 2.75) is 6.92 Å². The van der Waals surface area contributed by atoms with E-state index in [-0.39, 0.29) is 5.91 Å². The van der Waals surface area contributed by atoms with Gasteiger partial charge in [0.2, 0.25) is 0 Å². The van der Waals surface area contributed by atoms with Gasteiger partial charge in [-0.25, -0.2) is 4.98 Å². The number of pyridine rings is 1. The highest BCUT2D eigenvalue weighted by atomic mass is 79.9. The first-order valence-electron chi connectivity index (χ1n) is 8.75. The molecule has 0 atom stereocenters. The molecule has 1 heterocycles. The standard InChI is InChI=1S/C23H16BrClN2O/c1-14-21(23(28)26-18-6-4-5-16(24)13-18)19-7-2-3-8-20(19)27-22(14)15-9-11-17(25)12-10-15/h2-13H,1H3,(H,26,28). The number of nitrogens with one attached hydrogen (secondary N) is 1. The van der Waals surface area contributed by atoms with Crippen molar-refractivity contribution < 1.29 is 4.79 Å². The van der Waals surface area contributed by atoms with Gasteiger partial charge in [-0.2, -0.15) is 0 Å². The molecule has 3 aromatic carbocycles. The Labute approximate surface area is 176 Å². The topological polar surface area (TPSA) is 42.0 Å².